The van der Waals surface area contributed by atoms with Gasteiger partial charge in [-0.3, -0.25) is 10.2 Å². The van der Waals surface area contributed by atoms with Crippen molar-refractivity contribution in [1.82, 2.24) is 5.32 Å². The van der Waals surface area contributed by atoms with Crippen LogP contribution >= 0.6 is 0 Å². The molecule has 0 spiro atoms. The Hall–Kier alpha value is -1.84. The molecule has 1 aromatic carbocycles. The molecule has 1 unspecified atom stereocenters. The van der Waals surface area contributed by atoms with Gasteiger partial charge in [0.15, 0.2) is 6.40 Å². The van der Waals surface area contributed by atoms with Crippen LogP contribution in [0.5, 0.6) is 0 Å². The fourth-order valence-corrected chi connectivity index (χ4v) is 1.38. The molecule has 2 N–H and O–H groups in total. The van der Waals surface area contributed by atoms with Crippen molar-refractivity contribution < 1.29 is 9.53 Å². The minimum atomic E-state index is -0.499. The highest BCUT2D eigenvalue weighted by atomic mass is 16.5. The molecule has 1 aliphatic heterocycles. The topological polar surface area (TPSA) is 62.2 Å². The lowest BCUT2D eigenvalue weighted by Gasteiger charge is -2.08. The van der Waals surface area contributed by atoms with Crippen LogP contribution in [0.25, 0.3) is 0 Å². The van der Waals surface area contributed by atoms with E-state index in [-0.39, 0.29) is 5.91 Å². The largest absolute Gasteiger partial charge is 0.456 e. The zero-order valence-electron chi connectivity index (χ0n) is 6.78. The molecule has 2 rings (SSSR count). The van der Waals surface area contributed by atoms with E-state index in [4.69, 9.17) is 10.1 Å². The molecular formula is C9H8N2O2. The summed E-state index contributed by atoms with van der Waals surface area (Å²) in [4.78, 5) is 11.3. The third kappa shape index (κ3) is 1.16. The normalized spacial score (nSPS) is 19.1. The van der Waals surface area contributed by atoms with Gasteiger partial charge in [-0.15, -0.1) is 0 Å². The molecule has 1 aromatic rings. The summed E-state index contributed by atoms with van der Waals surface area (Å²) in [6.07, 6.45) is 0.328. The molecule has 1 aliphatic rings. The van der Waals surface area contributed by atoms with E-state index in [0.717, 1.165) is 12.0 Å². The Morgan fingerprint density at radius 1 is 1.46 bits per heavy atom. The van der Waals surface area contributed by atoms with Gasteiger partial charge in [-0.05, 0) is 6.07 Å². The zero-order valence-corrected chi connectivity index (χ0v) is 6.78. The maximum Gasteiger partial charge on any atom is 0.254 e. The second kappa shape index (κ2) is 2.90. The molecule has 0 radical (unpaired) electrons. The van der Waals surface area contributed by atoms with Crippen LogP contribution in [0.3, 0.4) is 0 Å². The van der Waals surface area contributed by atoms with E-state index in [2.05, 4.69) is 5.32 Å². The summed E-state index contributed by atoms with van der Waals surface area (Å²) in [6.45, 7) is 0. The predicted molar refractivity (Wildman–Crippen MR) is 46.5 cm³/mol. The number of rotatable bonds is 2. The number of carbonyl (C=O) groups is 1. The molecule has 13 heavy (non-hydrogen) atoms. The highest BCUT2D eigenvalue weighted by molar-refractivity contribution is 5.98. The maximum atomic E-state index is 11.3. The van der Waals surface area contributed by atoms with Crippen molar-refractivity contribution >= 4 is 12.3 Å². The van der Waals surface area contributed by atoms with E-state index in [1.165, 1.54) is 0 Å². The SMILES string of the molecule is N=COC1NC(=O)c2ccccc21. The van der Waals surface area contributed by atoms with Crippen molar-refractivity contribution in [2.24, 2.45) is 0 Å². The van der Waals surface area contributed by atoms with Crippen molar-refractivity contribution in [2.45, 2.75) is 6.23 Å². The Balaban J connectivity index is 2.41. The number of fused-ring (bicyclic) bond motifs is 1. The van der Waals surface area contributed by atoms with Gasteiger partial charge in [-0.1, -0.05) is 18.2 Å². The van der Waals surface area contributed by atoms with Crippen molar-refractivity contribution in [3.8, 4) is 0 Å². The van der Waals surface area contributed by atoms with Crippen LogP contribution in [-0.4, -0.2) is 12.3 Å². The Bertz CT molecular complexity index is 362. The first kappa shape index (κ1) is 7.79. The number of ether oxygens (including phenoxy) is 1. The van der Waals surface area contributed by atoms with Crippen LogP contribution in [0.2, 0.25) is 0 Å². The summed E-state index contributed by atoms with van der Waals surface area (Å²) in [7, 11) is 0. The van der Waals surface area contributed by atoms with Gasteiger partial charge in [0.1, 0.15) is 0 Å². The molecule has 0 saturated carbocycles. The molecule has 4 heteroatoms. The number of benzene rings is 1. The number of nitrogens with one attached hydrogen (secondary N) is 2. The van der Waals surface area contributed by atoms with Gasteiger partial charge in [-0.25, -0.2) is 0 Å². The molecular weight excluding hydrogens is 168 g/mol. The zero-order chi connectivity index (χ0) is 9.26. The summed E-state index contributed by atoms with van der Waals surface area (Å²) < 4.78 is 4.91. The Labute approximate surface area is 75.0 Å². The second-order valence-electron chi connectivity index (χ2n) is 2.69. The molecule has 1 heterocycles. The molecule has 66 valence electrons. The number of carbonyl (C=O) groups excluding carboxylic acids is 1. The lowest BCUT2D eigenvalue weighted by atomic mass is 10.1. The van der Waals surface area contributed by atoms with E-state index in [0.29, 0.717) is 5.56 Å². The van der Waals surface area contributed by atoms with Gasteiger partial charge in [0, 0.05) is 11.1 Å². The lowest BCUT2D eigenvalue weighted by molar-refractivity contribution is 0.0877. The molecule has 0 aromatic heterocycles. The second-order valence-corrected chi connectivity index (χ2v) is 2.69. The van der Waals surface area contributed by atoms with Crippen LogP contribution < -0.4 is 5.32 Å². The van der Waals surface area contributed by atoms with Gasteiger partial charge < -0.3 is 10.1 Å². The van der Waals surface area contributed by atoms with Crippen molar-refractivity contribution in [2.75, 3.05) is 0 Å². The minimum absolute atomic E-state index is 0.151. The summed E-state index contributed by atoms with van der Waals surface area (Å²) in [5, 5.41) is 9.38. The first-order valence-corrected chi connectivity index (χ1v) is 3.87. The van der Waals surface area contributed by atoms with E-state index in [9.17, 15) is 4.79 Å². The Morgan fingerprint density at radius 3 is 3.00 bits per heavy atom. The van der Waals surface area contributed by atoms with Crippen LogP contribution in [0.15, 0.2) is 24.3 Å². The van der Waals surface area contributed by atoms with E-state index < -0.39 is 6.23 Å². The molecule has 0 saturated heterocycles. The van der Waals surface area contributed by atoms with E-state index >= 15 is 0 Å². The van der Waals surface area contributed by atoms with Gasteiger partial charge in [-0.2, -0.15) is 0 Å². The third-order valence-corrected chi connectivity index (χ3v) is 1.95. The van der Waals surface area contributed by atoms with Crippen molar-refractivity contribution in [3.05, 3.63) is 35.4 Å². The smallest absolute Gasteiger partial charge is 0.254 e. The minimum Gasteiger partial charge on any atom is -0.456 e. The summed E-state index contributed by atoms with van der Waals surface area (Å²) in [6, 6.07) is 7.17. The highest BCUT2D eigenvalue weighted by Crippen LogP contribution is 2.24. The maximum absolute atomic E-state index is 11.3. The Kier molecular flexibility index (Phi) is 1.73. The van der Waals surface area contributed by atoms with Crippen LogP contribution in [0.1, 0.15) is 22.1 Å². The van der Waals surface area contributed by atoms with Crippen LogP contribution in [-0.2, 0) is 4.74 Å². The van der Waals surface area contributed by atoms with Crippen LogP contribution in [0, 0.1) is 5.41 Å². The molecule has 4 nitrogen and oxygen atoms in total. The quantitative estimate of drug-likeness (QED) is 0.522. The fraction of sp³-hybridized carbons (Fsp3) is 0.111. The first-order chi connectivity index (χ1) is 6.33. The van der Waals surface area contributed by atoms with Gasteiger partial charge in [0.2, 0.25) is 6.23 Å². The average Bonchev–Trinajstić information content (AvgIpc) is 2.46. The summed E-state index contributed by atoms with van der Waals surface area (Å²) in [5.41, 5.74) is 1.41. The fourth-order valence-electron chi connectivity index (χ4n) is 1.38. The van der Waals surface area contributed by atoms with E-state index in [1.54, 1.807) is 18.2 Å². The van der Waals surface area contributed by atoms with Gasteiger partial charge in [0.05, 0.1) is 0 Å². The van der Waals surface area contributed by atoms with Gasteiger partial charge in [0.25, 0.3) is 5.91 Å². The summed E-state index contributed by atoms with van der Waals surface area (Å²) >= 11 is 0. The van der Waals surface area contributed by atoms with Gasteiger partial charge >= 0.3 is 0 Å². The number of hydrogen-bond donors (Lipinski definition) is 2. The number of amides is 1. The monoisotopic (exact) mass is 176 g/mol. The third-order valence-electron chi connectivity index (χ3n) is 1.95. The predicted octanol–water partition coefficient (Wildman–Crippen LogP) is 1.05. The molecule has 0 fully saturated rings. The molecule has 1 amide bonds. The van der Waals surface area contributed by atoms with Crippen molar-refractivity contribution in [3.63, 3.8) is 0 Å². The molecule has 0 aliphatic carbocycles. The molecule has 1 atom stereocenters. The molecule has 0 bridgehead atoms. The standard InChI is InChI=1S/C9H8N2O2/c10-5-13-9-7-4-2-1-3-6(7)8(12)11-9/h1-5,9-10H,(H,11,12). The average molecular weight is 176 g/mol. The van der Waals surface area contributed by atoms with Crippen LogP contribution in [0.4, 0.5) is 0 Å². The summed E-state index contributed by atoms with van der Waals surface area (Å²) in [5.74, 6) is -0.151. The first-order valence-electron chi connectivity index (χ1n) is 3.87. The van der Waals surface area contributed by atoms with E-state index in [1.807, 2.05) is 6.07 Å². The Morgan fingerprint density at radius 2 is 2.23 bits per heavy atom. The van der Waals surface area contributed by atoms with Crippen molar-refractivity contribution in [1.29, 1.82) is 5.41 Å². The lowest BCUT2D eigenvalue weighted by Crippen LogP contribution is -2.20. The highest BCUT2D eigenvalue weighted by Gasteiger charge is 2.28. The number of hydrogen-bond acceptors (Lipinski definition) is 3.